The van der Waals surface area contributed by atoms with Crippen LogP contribution in [0.1, 0.15) is 0 Å². The Morgan fingerprint density at radius 2 is 0.871 bits per heavy atom. The van der Waals surface area contributed by atoms with Gasteiger partial charge in [0, 0.05) is 21.9 Å². The van der Waals surface area contributed by atoms with Crippen molar-refractivity contribution >= 4 is 102 Å². The van der Waals surface area contributed by atoms with E-state index < -0.39 is 9.14 Å². The van der Waals surface area contributed by atoms with Crippen LogP contribution >= 0.6 is 76.5 Å². The number of thioether (sulfide) groups is 2. The molecule has 166 valence electrons. The summed E-state index contributed by atoms with van der Waals surface area (Å²) in [5, 5.41) is 1.14. The molecule has 3 aromatic rings. The molecule has 0 spiro atoms. The Hall–Kier alpha value is 1.01. The van der Waals surface area contributed by atoms with E-state index in [0.29, 0.717) is 10.5 Å². The second kappa shape index (κ2) is 10.3. The SMILES string of the molecule is [Cl][Sb-]([Cl])([Cl])([Cl])([Cl])[Cl].c1ccc(SC2C(=[S+]c3ccccc3)C2Sc2ccccc2)cc1. The predicted octanol–water partition coefficient (Wildman–Crippen LogP) is 9.39. The van der Waals surface area contributed by atoms with Crippen molar-refractivity contribution in [1.82, 2.24) is 0 Å². The quantitative estimate of drug-likeness (QED) is 0.148. The van der Waals surface area contributed by atoms with E-state index >= 15 is 0 Å². The third-order valence-electron chi connectivity index (χ3n) is 3.72. The van der Waals surface area contributed by atoms with E-state index in [9.17, 15) is 0 Å². The molecule has 0 amide bonds. The zero-order valence-electron chi connectivity index (χ0n) is 15.8. The van der Waals surface area contributed by atoms with Crippen molar-refractivity contribution in [2.24, 2.45) is 0 Å². The molecule has 3 aromatic carbocycles. The number of hydrogen-bond donors (Lipinski definition) is 0. The maximum absolute atomic E-state index is 5.42. The Balaban J connectivity index is 0.000000339. The minimum absolute atomic E-state index is 0.572. The van der Waals surface area contributed by atoms with E-state index in [4.69, 9.17) is 53.0 Å². The Morgan fingerprint density at radius 1 is 0.548 bits per heavy atom. The van der Waals surface area contributed by atoms with E-state index in [-0.39, 0.29) is 0 Å². The average Bonchev–Trinajstić information content (AvgIpc) is 3.31. The molecule has 1 fully saturated rings. The van der Waals surface area contributed by atoms with Gasteiger partial charge in [0.1, 0.15) is 10.5 Å². The van der Waals surface area contributed by atoms with Gasteiger partial charge in [-0.25, -0.2) is 0 Å². The summed E-state index contributed by atoms with van der Waals surface area (Å²) in [6.45, 7) is 0. The normalized spacial score (nSPS) is 20.0. The maximum Gasteiger partial charge on any atom is 0.230 e. The first-order valence-corrected chi connectivity index (χ1v) is 30.9. The van der Waals surface area contributed by atoms with E-state index in [0.717, 1.165) is 0 Å². The van der Waals surface area contributed by atoms with Gasteiger partial charge in [-0.1, -0.05) is 54.6 Å². The van der Waals surface area contributed by atoms with Crippen molar-refractivity contribution in [2.75, 3.05) is 0 Å². The van der Waals surface area contributed by atoms with Crippen LogP contribution in [-0.2, 0) is 11.4 Å². The van der Waals surface area contributed by atoms with Gasteiger partial charge in [-0.2, -0.15) is 0 Å². The molecule has 0 nitrogen and oxygen atoms in total. The second-order valence-electron chi connectivity index (χ2n) is 6.48. The van der Waals surface area contributed by atoms with Crippen LogP contribution in [0.2, 0.25) is 0 Å². The van der Waals surface area contributed by atoms with Gasteiger partial charge in [0.25, 0.3) is 0 Å². The molecule has 0 heterocycles. The maximum atomic E-state index is 5.06. The molecule has 2 unspecified atom stereocenters. The summed E-state index contributed by atoms with van der Waals surface area (Å²) < 4.78 is 0. The van der Waals surface area contributed by atoms with E-state index in [1.165, 1.54) is 14.7 Å². The van der Waals surface area contributed by atoms with Crippen LogP contribution in [0.25, 0.3) is 0 Å². The molecule has 0 bridgehead atoms. The van der Waals surface area contributed by atoms with Crippen molar-refractivity contribution in [3.05, 3.63) is 91.0 Å². The number of halogens is 6. The molecule has 31 heavy (non-hydrogen) atoms. The van der Waals surface area contributed by atoms with Gasteiger partial charge in [-0.3, -0.25) is 0 Å². The molecule has 1 aliphatic rings. The fourth-order valence-electron chi connectivity index (χ4n) is 2.47. The first kappa shape index (κ1) is 26.6. The van der Waals surface area contributed by atoms with Crippen LogP contribution in [-0.4, -0.2) is 24.5 Å². The Bertz CT molecular complexity index is 966. The smallest absolute Gasteiger partial charge is 0.111 e. The zero-order chi connectivity index (χ0) is 22.6. The van der Waals surface area contributed by atoms with Crippen LogP contribution in [0.3, 0.4) is 0 Å². The molecule has 0 aliphatic heterocycles. The molecule has 0 N–H and O–H groups in total. The van der Waals surface area contributed by atoms with E-state index in [2.05, 4.69) is 91.0 Å². The van der Waals surface area contributed by atoms with Crippen molar-refractivity contribution < 1.29 is 0 Å². The molecule has 0 saturated heterocycles. The summed E-state index contributed by atoms with van der Waals surface area (Å²) in [6, 6.07) is 32.2. The van der Waals surface area contributed by atoms with Gasteiger partial charge in [0.05, 0.1) is 0 Å². The minimum Gasteiger partial charge on any atom is -0.111 e. The van der Waals surface area contributed by atoms with Crippen LogP contribution in [0.5, 0.6) is 0 Å². The summed E-state index contributed by atoms with van der Waals surface area (Å²) in [7, 11) is 25.0. The Morgan fingerprint density at radius 3 is 1.23 bits per heavy atom. The number of hydrogen-bond acceptors (Lipinski definition) is 2. The van der Waals surface area contributed by atoms with Crippen molar-refractivity contribution in [3.63, 3.8) is 0 Å². The van der Waals surface area contributed by atoms with Crippen LogP contribution < -0.4 is 0 Å². The fourth-order valence-corrected chi connectivity index (χ4v) is 6.76. The first-order chi connectivity index (χ1) is 14.3. The predicted molar refractivity (Wildman–Crippen MR) is 150 cm³/mol. The zero-order valence-corrected chi connectivity index (χ0v) is 25.3. The van der Waals surface area contributed by atoms with E-state index in [1.54, 1.807) is 4.86 Å². The molecule has 0 aromatic heterocycles. The van der Waals surface area contributed by atoms with Gasteiger partial charge in [-0.05, 0) is 24.3 Å². The fraction of sp³-hybridized carbons (Fsp3) is 0.0952. The van der Waals surface area contributed by atoms with Gasteiger partial charge in [-0.15, -0.1) is 23.5 Å². The van der Waals surface area contributed by atoms with Crippen LogP contribution in [0, 0.1) is 0 Å². The third kappa shape index (κ3) is 11.8. The molecule has 2 atom stereocenters. The van der Waals surface area contributed by atoms with E-state index in [1.807, 2.05) is 34.9 Å². The summed E-state index contributed by atoms with van der Waals surface area (Å²) in [6.07, 6.45) is 0. The molecule has 4 rings (SSSR count). The summed E-state index contributed by atoms with van der Waals surface area (Å²) in [5.41, 5.74) is 0. The Kier molecular flexibility index (Phi) is 8.86. The van der Waals surface area contributed by atoms with Gasteiger partial charge >= 0.3 is 62.1 Å². The Labute approximate surface area is 215 Å². The van der Waals surface area contributed by atoms with Crippen LogP contribution in [0.15, 0.2) is 106 Å². The standard InChI is InChI=1S/C21H17S3.6ClH.Sb/c1-4-10-16(11-5-1)22-19-20(23-17-12-6-2-7-13-17)21(19)24-18-14-8-3-9-15-18;;;;;;;/h1-15,19-20H;6*1H;/q+1;;;;;;;+5/p-6. The molecule has 10 heteroatoms. The third-order valence-corrected chi connectivity index (χ3v) is 8.09. The van der Waals surface area contributed by atoms with Crippen molar-refractivity contribution in [3.8, 4) is 0 Å². The van der Waals surface area contributed by atoms with Crippen molar-refractivity contribution in [1.29, 1.82) is 0 Å². The van der Waals surface area contributed by atoms with Crippen molar-refractivity contribution in [2.45, 2.75) is 25.2 Å². The summed E-state index contributed by atoms with van der Waals surface area (Å²) >= 11 is 5.91. The minimum atomic E-state index is -5.42. The molecule has 0 radical (unpaired) electrons. The topological polar surface area (TPSA) is 0 Å². The summed E-state index contributed by atoms with van der Waals surface area (Å²) in [5.74, 6) is 0. The largest absolute Gasteiger partial charge is 0.230 e. The van der Waals surface area contributed by atoms with Gasteiger partial charge in [0.15, 0.2) is 0 Å². The molecule has 1 saturated carbocycles. The number of rotatable bonds is 5. The monoisotopic (exact) mass is 696 g/mol. The average molecular weight is 700 g/mol. The molecular weight excluding hydrogens is 683 g/mol. The summed E-state index contributed by atoms with van der Waals surface area (Å²) in [4.78, 5) is 5.61. The second-order valence-corrected chi connectivity index (χ2v) is 67.0. The number of benzene rings is 3. The first-order valence-electron chi connectivity index (χ1n) is 8.94. The molecule has 1 aliphatic carbocycles. The van der Waals surface area contributed by atoms with Gasteiger partial charge in [0.2, 0.25) is 21.1 Å². The van der Waals surface area contributed by atoms with Gasteiger partial charge < -0.3 is 0 Å². The molecular formula is C21H17Cl6S3Sb. The van der Waals surface area contributed by atoms with Crippen LogP contribution in [0.4, 0.5) is 0 Å².